The number of carboxylic acid groups (broad SMARTS) is 1. The van der Waals surface area contributed by atoms with Gasteiger partial charge in [-0.1, -0.05) is 54.4 Å². The zero-order valence-electron chi connectivity index (χ0n) is 21.3. The van der Waals surface area contributed by atoms with E-state index in [1.54, 1.807) is 30.0 Å². The second kappa shape index (κ2) is 11.5. The Balaban J connectivity index is 1.75. The number of sulfonamides is 1. The summed E-state index contributed by atoms with van der Waals surface area (Å²) in [7, 11) is -3.60. The molecule has 2 heterocycles. The van der Waals surface area contributed by atoms with E-state index in [1.807, 2.05) is 37.3 Å². The highest BCUT2D eigenvalue weighted by atomic mass is 35.5. The van der Waals surface area contributed by atoms with E-state index in [9.17, 15) is 23.1 Å². The number of ether oxygens (including phenoxy) is 1. The lowest BCUT2D eigenvalue weighted by Gasteiger charge is -2.51. The van der Waals surface area contributed by atoms with Crippen LogP contribution in [0.15, 0.2) is 48.5 Å². The largest absolute Gasteiger partial charge is 0.481 e. The van der Waals surface area contributed by atoms with Crippen molar-refractivity contribution in [3.8, 4) is 0 Å². The lowest BCUT2D eigenvalue weighted by molar-refractivity contribution is -0.160. The Bertz CT molecular complexity index is 1280. The predicted octanol–water partition coefficient (Wildman–Crippen LogP) is 4.63. The van der Waals surface area contributed by atoms with E-state index >= 15 is 0 Å². The molecule has 0 aromatic heterocycles. The Morgan fingerprint density at radius 2 is 1.84 bits per heavy atom. The molecule has 206 valence electrons. The molecule has 0 bridgehead atoms. The maximum atomic E-state index is 14.1. The molecular weight excluding hydrogens is 551 g/mol. The first-order valence-corrected chi connectivity index (χ1v) is 14.9. The summed E-state index contributed by atoms with van der Waals surface area (Å²) in [5.41, 5.74) is 0.499. The van der Waals surface area contributed by atoms with E-state index in [2.05, 4.69) is 4.72 Å². The van der Waals surface area contributed by atoms with Gasteiger partial charge in [-0.25, -0.2) is 13.1 Å². The zero-order valence-corrected chi connectivity index (χ0v) is 23.6. The Morgan fingerprint density at radius 3 is 2.42 bits per heavy atom. The van der Waals surface area contributed by atoms with Crippen LogP contribution in [0.3, 0.4) is 0 Å². The van der Waals surface area contributed by atoms with Gasteiger partial charge in [0.2, 0.25) is 15.9 Å². The molecule has 0 radical (unpaired) electrons. The number of likely N-dealkylation sites (tertiary alicyclic amines) is 1. The van der Waals surface area contributed by atoms with Crippen LogP contribution in [0.5, 0.6) is 0 Å². The predicted molar refractivity (Wildman–Crippen MR) is 146 cm³/mol. The number of amides is 1. The van der Waals surface area contributed by atoms with E-state index in [1.165, 1.54) is 0 Å². The third-order valence-electron chi connectivity index (χ3n) is 7.40. The summed E-state index contributed by atoms with van der Waals surface area (Å²) in [5, 5.41) is 10.8. The van der Waals surface area contributed by atoms with Gasteiger partial charge in [0, 0.05) is 22.0 Å². The van der Waals surface area contributed by atoms with Gasteiger partial charge in [-0.05, 0) is 55.2 Å². The number of carbonyl (C=O) groups excluding carboxylic acids is 1. The number of nitrogens with one attached hydrogen (secondary N) is 1. The molecule has 0 spiro atoms. The second-order valence-electron chi connectivity index (χ2n) is 10.5. The topological polar surface area (TPSA) is 113 Å². The summed E-state index contributed by atoms with van der Waals surface area (Å²) >= 11 is 12.5. The molecule has 38 heavy (non-hydrogen) atoms. The molecule has 4 rings (SSSR count). The number of carbonyl (C=O) groups is 2. The highest BCUT2D eigenvalue weighted by Crippen LogP contribution is 2.52. The molecule has 2 aliphatic rings. The van der Waals surface area contributed by atoms with Crippen molar-refractivity contribution in [3.63, 3.8) is 0 Å². The molecule has 1 amide bonds. The van der Waals surface area contributed by atoms with E-state index in [-0.39, 0.29) is 42.9 Å². The summed E-state index contributed by atoms with van der Waals surface area (Å²) in [6, 6.07) is 13.3. The number of piperidine rings is 1. The maximum Gasteiger partial charge on any atom is 0.304 e. The van der Waals surface area contributed by atoms with Gasteiger partial charge in [0.15, 0.2) is 0 Å². The number of carboxylic acids is 1. The summed E-state index contributed by atoms with van der Waals surface area (Å²) in [4.78, 5) is 27.7. The van der Waals surface area contributed by atoms with Crippen LogP contribution in [0.4, 0.5) is 0 Å². The SMILES string of the molecule is C[C@@H](CCS(=O)(=O)NC1COC1)N1C(=O)[C@@](C)(CC(=O)O)C[C@H](c2cccc(Cl)c2)[C@H]1c1ccc(Cl)cc1. The van der Waals surface area contributed by atoms with E-state index < -0.39 is 33.5 Å². The molecule has 4 atom stereocenters. The molecule has 0 aliphatic carbocycles. The normalized spacial score (nSPS) is 25.2. The van der Waals surface area contributed by atoms with E-state index in [0.29, 0.717) is 23.3 Å². The molecule has 8 nitrogen and oxygen atoms in total. The quantitative estimate of drug-likeness (QED) is 0.422. The highest BCUT2D eigenvalue weighted by Gasteiger charge is 2.51. The second-order valence-corrected chi connectivity index (χ2v) is 13.3. The van der Waals surface area contributed by atoms with Crippen molar-refractivity contribution in [2.24, 2.45) is 5.41 Å². The fraction of sp³-hybridized carbons (Fsp3) is 0.481. The van der Waals surface area contributed by atoms with Crippen molar-refractivity contribution >= 4 is 45.1 Å². The first-order valence-electron chi connectivity index (χ1n) is 12.5. The average Bonchev–Trinajstić information content (AvgIpc) is 2.82. The van der Waals surface area contributed by atoms with Crippen LogP contribution in [-0.4, -0.2) is 61.4 Å². The van der Waals surface area contributed by atoms with Crippen LogP contribution in [-0.2, 0) is 24.3 Å². The first-order chi connectivity index (χ1) is 17.9. The van der Waals surface area contributed by atoms with Crippen molar-refractivity contribution in [1.82, 2.24) is 9.62 Å². The molecule has 2 N–H and O–H groups in total. The van der Waals surface area contributed by atoms with Gasteiger partial charge in [0.1, 0.15) is 0 Å². The molecular formula is C27H32Cl2N2O6S. The minimum absolute atomic E-state index is 0.171. The number of hydrogen-bond acceptors (Lipinski definition) is 5. The number of hydrogen-bond donors (Lipinski definition) is 2. The average molecular weight is 584 g/mol. The van der Waals surface area contributed by atoms with Crippen molar-refractivity contribution in [2.45, 2.75) is 57.2 Å². The van der Waals surface area contributed by atoms with Crippen molar-refractivity contribution in [2.75, 3.05) is 19.0 Å². The van der Waals surface area contributed by atoms with Crippen LogP contribution < -0.4 is 4.72 Å². The molecule has 2 aromatic carbocycles. The molecule has 0 unspecified atom stereocenters. The van der Waals surface area contributed by atoms with Crippen LogP contribution in [0.25, 0.3) is 0 Å². The minimum atomic E-state index is -3.60. The molecule has 2 saturated heterocycles. The monoisotopic (exact) mass is 582 g/mol. The van der Waals surface area contributed by atoms with Gasteiger partial charge < -0.3 is 14.7 Å². The van der Waals surface area contributed by atoms with Crippen molar-refractivity contribution < 1.29 is 27.9 Å². The van der Waals surface area contributed by atoms with Crippen LogP contribution in [0.1, 0.15) is 56.2 Å². The fourth-order valence-corrected chi connectivity index (χ4v) is 7.18. The van der Waals surface area contributed by atoms with E-state index in [0.717, 1.165) is 11.1 Å². The lowest BCUT2D eigenvalue weighted by atomic mass is 9.67. The summed E-state index contributed by atoms with van der Waals surface area (Å²) in [5.74, 6) is -1.86. The molecule has 11 heteroatoms. The van der Waals surface area contributed by atoms with E-state index in [4.69, 9.17) is 27.9 Å². The lowest BCUT2D eigenvalue weighted by Crippen LogP contribution is -2.56. The zero-order chi connectivity index (χ0) is 27.7. The van der Waals surface area contributed by atoms with Crippen LogP contribution >= 0.6 is 23.2 Å². The third kappa shape index (κ3) is 6.51. The first kappa shape index (κ1) is 28.8. The molecule has 2 aromatic rings. The Morgan fingerprint density at radius 1 is 1.16 bits per heavy atom. The fourth-order valence-electron chi connectivity index (χ4n) is 5.44. The Kier molecular flexibility index (Phi) is 8.74. The smallest absolute Gasteiger partial charge is 0.304 e. The number of halogens is 2. The van der Waals surface area contributed by atoms with Crippen LogP contribution in [0, 0.1) is 5.41 Å². The number of aliphatic carboxylic acids is 1. The third-order valence-corrected chi connectivity index (χ3v) is 9.35. The van der Waals surface area contributed by atoms with Gasteiger partial charge in [0.25, 0.3) is 0 Å². The maximum absolute atomic E-state index is 14.1. The van der Waals surface area contributed by atoms with Gasteiger partial charge in [-0.2, -0.15) is 0 Å². The summed E-state index contributed by atoms with van der Waals surface area (Å²) < 4.78 is 33.1. The van der Waals surface area contributed by atoms with Gasteiger partial charge in [-0.15, -0.1) is 0 Å². The molecule has 2 aliphatic heterocycles. The van der Waals surface area contributed by atoms with Gasteiger partial charge >= 0.3 is 5.97 Å². The number of benzene rings is 2. The van der Waals surface area contributed by atoms with Crippen molar-refractivity contribution in [1.29, 1.82) is 0 Å². The summed E-state index contributed by atoms with van der Waals surface area (Å²) in [6.45, 7) is 4.16. The molecule has 0 saturated carbocycles. The Labute approximate surface area is 233 Å². The van der Waals surface area contributed by atoms with Gasteiger partial charge in [-0.3, -0.25) is 9.59 Å². The summed E-state index contributed by atoms with van der Waals surface area (Å²) in [6.07, 6.45) is 0.113. The Hall–Kier alpha value is -2.17. The molecule has 2 fully saturated rings. The number of rotatable bonds is 10. The van der Waals surface area contributed by atoms with Crippen molar-refractivity contribution in [3.05, 3.63) is 69.7 Å². The highest BCUT2D eigenvalue weighted by molar-refractivity contribution is 7.89. The van der Waals surface area contributed by atoms with Gasteiger partial charge in [0.05, 0.1) is 42.9 Å². The minimum Gasteiger partial charge on any atom is -0.481 e. The standard InChI is InChI=1S/C27H32Cl2N2O6S/c1-17(10-11-38(35,36)30-22-15-37-16-22)31-25(18-6-8-20(28)9-7-18)23(19-4-3-5-21(29)12-19)13-27(2,26(31)34)14-24(32)33/h3-9,12,17,22-23,25,30H,10-11,13-16H2,1-2H3,(H,32,33)/t17-,23+,25+,27+/m0/s1. The number of nitrogens with zero attached hydrogens (tertiary/aromatic N) is 1. The van der Waals surface area contributed by atoms with Crippen LogP contribution in [0.2, 0.25) is 10.0 Å².